The largest absolute Gasteiger partial charge is 0.481 e. The van der Waals surface area contributed by atoms with Crippen molar-refractivity contribution in [1.29, 1.82) is 0 Å². The Bertz CT molecular complexity index is 578. The average molecular weight is 287 g/mol. The Hall–Kier alpha value is -2.30. The molecule has 2 aromatic rings. The van der Waals surface area contributed by atoms with Crippen molar-refractivity contribution < 1.29 is 9.53 Å². The van der Waals surface area contributed by atoms with Gasteiger partial charge >= 0.3 is 0 Å². The normalized spacial score (nSPS) is 12.2. The summed E-state index contributed by atoms with van der Waals surface area (Å²) in [6.07, 6.45) is 1.11. The van der Waals surface area contributed by atoms with Crippen LogP contribution in [0.25, 0.3) is 0 Å². The summed E-state index contributed by atoms with van der Waals surface area (Å²) in [6, 6.07) is 11.1. The van der Waals surface area contributed by atoms with E-state index in [1.807, 2.05) is 30.3 Å². The van der Waals surface area contributed by atoms with E-state index in [4.69, 9.17) is 4.74 Å². The van der Waals surface area contributed by atoms with Crippen LogP contribution in [0.3, 0.4) is 0 Å². The van der Waals surface area contributed by atoms with Crippen molar-refractivity contribution in [2.75, 3.05) is 5.32 Å². The number of anilines is 1. The maximum Gasteiger partial charge on any atom is 0.266 e. The minimum Gasteiger partial charge on any atom is -0.481 e. The van der Waals surface area contributed by atoms with Crippen LogP contribution in [0.4, 0.5) is 5.82 Å². The third kappa shape index (κ3) is 4.34. The molecule has 2 rings (SSSR count). The van der Waals surface area contributed by atoms with Crippen LogP contribution in [0, 0.1) is 5.92 Å². The van der Waals surface area contributed by atoms with E-state index in [9.17, 15) is 4.79 Å². The van der Waals surface area contributed by atoms with E-state index in [1.54, 1.807) is 23.9 Å². The molecule has 1 atom stereocenters. The molecule has 5 nitrogen and oxygen atoms in total. The Morgan fingerprint density at radius 2 is 1.95 bits per heavy atom. The van der Waals surface area contributed by atoms with Crippen LogP contribution >= 0.6 is 0 Å². The molecule has 0 aliphatic rings. The van der Waals surface area contributed by atoms with Gasteiger partial charge < -0.3 is 10.1 Å². The Morgan fingerprint density at radius 1 is 1.24 bits per heavy atom. The van der Waals surface area contributed by atoms with Crippen LogP contribution in [0.5, 0.6) is 5.75 Å². The van der Waals surface area contributed by atoms with Crippen molar-refractivity contribution in [3.63, 3.8) is 0 Å². The van der Waals surface area contributed by atoms with Crippen LogP contribution in [0.2, 0.25) is 0 Å². The van der Waals surface area contributed by atoms with Gasteiger partial charge in [-0.05, 0) is 25.0 Å². The summed E-state index contributed by atoms with van der Waals surface area (Å²) >= 11 is 0. The van der Waals surface area contributed by atoms with Gasteiger partial charge in [0, 0.05) is 12.6 Å². The number of benzene rings is 1. The number of hydrogen-bond acceptors (Lipinski definition) is 3. The van der Waals surface area contributed by atoms with Gasteiger partial charge in [0.05, 0.1) is 6.20 Å². The molecule has 0 aliphatic heterocycles. The summed E-state index contributed by atoms with van der Waals surface area (Å²) in [5, 5.41) is 7.07. The third-order valence-electron chi connectivity index (χ3n) is 2.93. The summed E-state index contributed by atoms with van der Waals surface area (Å²) in [6.45, 7) is 6.70. The Balaban J connectivity index is 1.96. The first-order valence-corrected chi connectivity index (χ1v) is 7.10. The number of ether oxygens (including phenoxy) is 1. The number of hydrogen-bond donors (Lipinski definition) is 1. The fourth-order valence-corrected chi connectivity index (χ4v) is 1.91. The maximum absolute atomic E-state index is 12.2. The molecular formula is C16H21N3O2. The Kier molecular flexibility index (Phi) is 4.98. The summed E-state index contributed by atoms with van der Waals surface area (Å²) in [4.78, 5) is 12.2. The van der Waals surface area contributed by atoms with E-state index in [0.29, 0.717) is 17.5 Å². The fourth-order valence-electron chi connectivity index (χ4n) is 1.91. The molecule has 112 valence electrons. The molecule has 1 aromatic heterocycles. The second-order valence-electron chi connectivity index (χ2n) is 5.35. The molecule has 0 fully saturated rings. The molecule has 1 unspecified atom stereocenters. The number of para-hydroxylation sites is 1. The minimum absolute atomic E-state index is 0.190. The molecule has 0 saturated heterocycles. The molecule has 0 saturated carbocycles. The summed E-state index contributed by atoms with van der Waals surface area (Å²) in [7, 11) is 0. The van der Waals surface area contributed by atoms with Crippen LogP contribution in [-0.2, 0) is 11.3 Å². The lowest BCUT2D eigenvalue weighted by Gasteiger charge is -2.16. The van der Waals surface area contributed by atoms with E-state index < -0.39 is 6.10 Å². The van der Waals surface area contributed by atoms with Crippen molar-refractivity contribution in [3.8, 4) is 5.75 Å². The van der Waals surface area contributed by atoms with E-state index in [2.05, 4.69) is 24.3 Å². The van der Waals surface area contributed by atoms with Crippen molar-refractivity contribution in [2.24, 2.45) is 5.92 Å². The molecule has 1 heterocycles. The number of rotatable bonds is 6. The van der Waals surface area contributed by atoms with Crippen LogP contribution < -0.4 is 10.1 Å². The zero-order valence-corrected chi connectivity index (χ0v) is 12.6. The van der Waals surface area contributed by atoms with Gasteiger partial charge in [0.1, 0.15) is 11.6 Å². The van der Waals surface area contributed by atoms with Gasteiger partial charge in [-0.2, -0.15) is 5.10 Å². The molecule has 0 spiro atoms. The Labute approximate surface area is 124 Å². The number of nitrogens with one attached hydrogen (secondary N) is 1. The number of nitrogens with zero attached hydrogens (tertiary/aromatic N) is 2. The molecule has 0 radical (unpaired) electrons. The molecule has 0 bridgehead atoms. The number of carbonyl (C=O) groups is 1. The van der Waals surface area contributed by atoms with Gasteiger partial charge in [-0.1, -0.05) is 32.0 Å². The summed E-state index contributed by atoms with van der Waals surface area (Å²) < 4.78 is 7.39. The second kappa shape index (κ2) is 6.92. The lowest BCUT2D eigenvalue weighted by atomic mass is 10.2. The van der Waals surface area contributed by atoms with Crippen LogP contribution in [0.15, 0.2) is 42.6 Å². The highest BCUT2D eigenvalue weighted by molar-refractivity contribution is 5.93. The fraction of sp³-hybridized carbons (Fsp3) is 0.375. The summed E-state index contributed by atoms with van der Waals surface area (Å²) in [5.41, 5.74) is 0. The molecule has 1 amide bonds. The smallest absolute Gasteiger partial charge is 0.266 e. The predicted molar refractivity (Wildman–Crippen MR) is 82.2 cm³/mol. The maximum atomic E-state index is 12.2. The average Bonchev–Trinajstić information content (AvgIpc) is 2.86. The quantitative estimate of drug-likeness (QED) is 0.888. The van der Waals surface area contributed by atoms with E-state index in [1.165, 1.54) is 0 Å². The van der Waals surface area contributed by atoms with Gasteiger partial charge in [-0.3, -0.25) is 4.79 Å². The van der Waals surface area contributed by atoms with Crippen LogP contribution in [0.1, 0.15) is 20.8 Å². The molecule has 1 aromatic carbocycles. The number of amides is 1. The standard InChI is InChI=1S/C16H21N3O2/c1-12(2)11-19-15(9-10-17-19)18-16(20)13(3)21-14-7-5-4-6-8-14/h4-10,12-13H,11H2,1-3H3,(H,18,20). The van der Waals surface area contributed by atoms with Gasteiger partial charge in [0.2, 0.25) is 0 Å². The molecule has 0 aliphatic carbocycles. The zero-order chi connectivity index (χ0) is 15.2. The summed E-state index contributed by atoms with van der Waals surface area (Å²) in [5.74, 6) is 1.64. The number of carbonyl (C=O) groups excluding carboxylic acids is 1. The van der Waals surface area contributed by atoms with E-state index in [-0.39, 0.29) is 5.91 Å². The van der Waals surface area contributed by atoms with Crippen LogP contribution in [-0.4, -0.2) is 21.8 Å². The van der Waals surface area contributed by atoms with Crippen molar-refractivity contribution in [1.82, 2.24) is 9.78 Å². The monoisotopic (exact) mass is 287 g/mol. The molecule has 1 N–H and O–H groups in total. The highest BCUT2D eigenvalue weighted by Gasteiger charge is 2.16. The topological polar surface area (TPSA) is 56.2 Å². The highest BCUT2D eigenvalue weighted by atomic mass is 16.5. The van der Waals surface area contributed by atoms with Gasteiger partial charge in [-0.15, -0.1) is 0 Å². The first-order valence-electron chi connectivity index (χ1n) is 7.10. The first-order chi connectivity index (χ1) is 10.1. The first kappa shape index (κ1) is 15.1. The lowest BCUT2D eigenvalue weighted by molar-refractivity contribution is -0.122. The number of aromatic nitrogens is 2. The van der Waals surface area contributed by atoms with Crippen molar-refractivity contribution in [3.05, 3.63) is 42.6 Å². The highest BCUT2D eigenvalue weighted by Crippen LogP contribution is 2.13. The second-order valence-corrected chi connectivity index (χ2v) is 5.35. The Morgan fingerprint density at radius 3 is 2.62 bits per heavy atom. The van der Waals surface area contributed by atoms with Gasteiger partial charge in [-0.25, -0.2) is 4.68 Å². The lowest BCUT2D eigenvalue weighted by Crippen LogP contribution is -2.31. The van der Waals surface area contributed by atoms with Crippen molar-refractivity contribution >= 4 is 11.7 Å². The minimum atomic E-state index is -0.574. The molecular weight excluding hydrogens is 266 g/mol. The van der Waals surface area contributed by atoms with Gasteiger partial charge in [0.15, 0.2) is 6.10 Å². The molecule has 5 heteroatoms. The predicted octanol–water partition coefficient (Wildman–Crippen LogP) is 2.95. The van der Waals surface area contributed by atoms with E-state index in [0.717, 1.165) is 6.54 Å². The van der Waals surface area contributed by atoms with Crippen molar-refractivity contribution in [2.45, 2.75) is 33.4 Å². The molecule has 21 heavy (non-hydrogen) atoms. The SMILES string of the molecule is CC(C)Cn1nccc1NC(=O)C(C)Oc1ccccc1. The zero-order valence-electron chi connectivity index (χ0n) is 12.6. The van der Waals surface area contributed by atoms with Gasteiger partial charge in [0.25, 0.3) is 5.91 Å². The third-order valence-corrected chi connectivity index (χ3v) is 2.93. The van der Waals surface area contributed by atoms with E-state index >= 15 is 0 Å².